The van der Waals surface area contributed by atoms with E-state index in [-0.39, 0.29) is 18.9 Å². The molecule has 0 aliphatic heterocycles. The van der Waals surface area contributed by atoms with E-state index in [1.165, 1.54) is 0 Å². The molecule has 94 valence electrons. The van der Waals surface area contributed by atoms with E-state index in [1.807, 2.05) is 0 Å². The number of carbonyl (C=O) groups excluding carboxylic acids is 1. The lowest BCUT2D eigenvalue weighted by molar-refractivity contribution is -0.137. The number of benzene rings is 1. The Morgan fingerprint density at radius 1 is 1.29 bits per heavy atom. The molecule has 0 heterocycles. The van der Waals surface area contributed by atoms with Crippen LogP contribution >= 0.6 is 0 Å². The van der Waals surface area contributed by atoms with Crippen LogP contribution in [0.25, 0.3) is 0 Å². The zero-order valence-corrected chi connectivity index (χ0v) is 8.62. The highest BCUT2D eigenvalue weighted by molar-refractivity contribution is 5.70. The summed E-state index contributed by atoms with van der Waals surface area (Å²) in [5.41, 5.74) is -0.819. The monoisotopic (exact) mass is 249 g/mol. The van der Waals surface area contributed by atoms with Crippen LogP contribution in [-0.2, 0) is 6.18 Å². The number of carbonyl (C=O) groups is 1. The van der Waals surface area contributed by atoms with E-state index >= 15 is 0 Å². The van der Waals surface area contributed by atoms with Crippen LogP contribution in [0.1, 0.15) is 5.56 Å². The van der Waals surface area contributed by atoms with Crippen LogP contribution < -0.4 is 10.1 Å². The van der Waals surface area contributed by atoms with Gasteiger partial charge in [-0.2, -0.15) is 13.2 Å². The summed E-state index contributed by atoms with van der Waals surface area (Å²) in [6, 6.07) is 3.71. The minimum atomic E-state index is -4.42. The van der Waals surface area contributed by atoms with Gasteiger partial charge in [-0.3, -0.25) is 0 Å². The molecule has 7 heteroatoms. The van der Waals surface area contributed by atoms with Crippen molar-refractivity contribution in [1.82, 2.24) is 5.32 Å². The first-order valence-corrected chi connectivity index (χ1v) is 4.67. The fourth-order valence-corrected chi connectivity index (χ4v) is 1.01. The number of aliphatic hydroxyl groups excluding tert-OH is 1. The quantitative estimate of drug-likeness (QED) is 0.858. The van der Waals surface area contributed by atoms with Crippen LogP contribution in [0, 0.1) is 0 Å². The number of aliphatic hydroxyl groups is 1. The van der Waals surface area contributed by atoms with Crippen LogP contribution in [0.4, 0.5) is 18.0 Å². The van der Waals surface area contributed by atoms with E-state index in [2.05, 4.69) is 10.1 Å². The summed E-state index contributed by atoms with van der Waals surface area (Å²) in [6.07, 6.45) is -5.25. The van der Waals surface area contributed by atoms with Crippen molar-refractivity contribution in [3.05, 3.63) is 29.8 Å². The summed E-state index contributed by atoms with van der Waals surface area (Å²) >= 11 is 0. The van der Waals surface area contributed by atoms with Gasteiger partial charge in [0.05, 0.1) is 12.2 Å². The Labute approximate surface area is 95.0 Å². The molecule has 2 N–H and O–H groups in total. The van der Waals surface area contributed by atoms with E-state index in [0.717, 1.165) is 24.3 Å². The van der Waals surface area contributed by atoms with Gasteiger partial charge in [0.25, 0.3) is 0 Å². The van der Waals surface area contributed by atoms with Gasteiger partial charge in [0.1, 0.15) is 5.75 Å². The maximum absolute atomic E-state index is 12.2. The predicted molar refractivity (Wildman–Crippen MR) is 52.6 cm³/mol. The molecule has 0 aliphatic rings. The zero-order chi connectivity index (χ0) is 12.9. The third-order valence-corrected chi connectivity index (χ3v) is 1.77. The number of halogens is 3. The highest BCUT2D eigenvalue weighted by Gasteiger charge is 2.30. The molecule has 1 aromatic carbocycles. The van der Waals surface area contributed by atoms with Gasteiger partial charge in [-0.15, -0.1) is 0 Å². The molecule has 0 saturated carbocycles. The van der Waals surface area contributed by atoms with Crippen LogP contribution in [0.15, 0.2) is 24.3 Å². The second kappa shape index (κ2) is 5.53. The molecule has 17 heavy (non-hydrogen) atoms. The number of hydrogen-bond acceptors (Lipinski definition) is 3. The Morgan fingerprint density at radius 2 is 1.88 bits per heavy atom. The van der Waals surface area contributed by atoms with Gasteiger partial charge < -0.3 is 15.2 Å². The topological polar surface area (TPSA) is 58.6 Å². The Morgan fingerprint density at radius 3 is 2.35 bits per heavy atom. The summed E-state index contributed by atoms with van der Waals surface area (Å²) in [4.78, 5) is 11.0. The maximum Gasteiger partial charge on any atom is 0.416 e. The lowest BCUT2D eigenvalue weighted by Crippen LogP contribution is -2.29. The second-order valence-electron chi connectivity index (χ2n) is 3.06. The largest absolute Gasteiger partial charge is 0.416 e. The zero-order valence-electron chi connectivity index (χ0n) is 8.62. The minimum absolute atomic E-state index is 0.00607. The van der Waals surface area contributed by atoms with Gasteiger partial charge >= 0.3 is 12.3 Å². The number of nitrogens with one attached hydrogen (secondary N) is 1. The van der Waals surface area contributed by atoms with Crippen molar-refractivity contribution in [2.24, 2.45) is 0 Å². The van der Waals surface area contributed by atoms with Crippen molar-refractivity contribution in [1.29, 1.82) is 0 Å². The van der Waals surface area contributed by atoms with Gasteiger partial charge in [-0.25, -0.2) is 4.79 Å². The molecule has 0 bridgehead atoms. The van der Waals surface area contributed by atoms with Crippen molar-refractivity contribution in [2.45, 2.75) is 6.18 Å². The van der Waals surface area contributed by atoms with Crippen molar-refractivity contribution in [3.63, 3.8) is 0 Å². The standard InChI is InChI=1S/C10H10F3NO3/c11-10(12,13)7-1-3-8(4-2-7)17-9(16)14-5-6-15/h1-4,15H,5-6H2,(H,14,16). The fourth-order valence-electron chi connectivity index (χ4n) is 1.01. The Balaban J connectivity index is 2.60. The van der Waals surface area contributed by atoms with Gasteiger partial charge in [-0.1, -0.05) is 0 Å². The molecule has 0 aliphatic carbocycles. The molecule has 0 unspecified atom stereocenters. The average Bonchev–Trinajstić information content (AvgIpc) is 2.26. The van der Waals surface area contributed by atoms with Crippen LogP contribution in [0.2, 0.25) is 0 Å². The highest BCUT2D eigenvalue weighted by Crippen LogP contribution is 2.30. The van der Waals surface area contributed by atoms with Crippen LogP contribution in [0.5, 0.6) is 5.75 Å². The molecule has 1 rings (SSSR count). The fraction of sp³-hybridized carbons (Fsp3) is 0.300. The van der Waals surface area contributed by atoms with Gasteiger partial charge in [0, 0.05) is 6.54 Å². The Kier molecular flexibility index (Phi) is 4.33. The van der Waals surface area contributed by atoms with Crippen LogP contribution in [-0.4, -0.2) is 24.4 Å². The molecule has 0 radical (unpaired) electrons. The highest BCUT2D eigenvalue weighted by atomic mass is 19.4. The summed E-state index contributed by atoms with van der Waals surface area (Å²) in [5, 5.41) is 10.6. The van der Waals surface area contributed by atoms with Crippen LogP contribution in [0.3, 0.4) is 0 Å². The average molecular weight is 249 g/mol. The van der Waals surface area contributed by atoms with Crippen molar-refractivity contribution in [2.75, 3.05) is 13.2 Å². The van der Waals surface area contributed by atoms with Crippen molar-refractivity contribution >= 4 is 6.09 Å². The molecular weight excluding hydrogens is 239 g/mol. The first kappa shape index (κ1) is 13.3. The summed E-state index contributed by atoms with van der Waals surface area (Å²) in [5.74, 6) is -0.00607. The first-order chi connectivity index (χ1) is 7.93. The number of hydrogen-bond donors (Lipinski definition) is 2. The normalized spacial score (nSPS) is 11.1. The molecule has 0 atom stereocenters. The smallest absolute Gasteiger partial charge is 0.410 e. The Bertz CT molecular complexity index is 375. The van der Waals surface area contributed by atoms with E-state index in [4.69, 9.17) is 5.11 Å². The van der Waals surface area contributed by atoms with Crippen molar-refractivity contribution < 1.29 is 27.8 Å². The number of amides is 1. The lowest BCUT2D eigenvalue weighted by Gasteiger charge is -2.08. The van der Waals surface area contributed by atoms with Gasteiger partial charge in [0.2, 0.25) is 0 Å². The van der Waals surface area contributed by atoms with Gasteiger partial charge in [-0.05, 0) is 24.3 Å². The molecular formula is C10H10F3NO3. The van der Waals surface area contributed by atoms with E-state index in [1.54, 1.807) is 0 Å². The SMILES string of the molecule is O=C(NCCO)Oc1ccc(C(F)(F)F)cc1. The second-order valence-corrected chi connectivity index (χ2v) is 3.06. The lowest BCUT2D eigenvalue weighted by atomic mass is 10.2. The third-order valence-electron chi connectivity index (χ3n) is 1.77. The summed E-state index contributed by atoms with van der Waals surface area (Å²) < 4.78 is 41.3. The van der Waals surface area contributed by atoms with E-state index in [9.17, 15) is 18.0 Å². The Hall–Kier alpha value is -1.76. The molecule has 0 saturated heterocycles. The molecule has 0 fully saturated rings. The third kappa shape index (κ3) is 4.31. The van der Waals surface area contributed by atoms with Gasteiger partial charge in [0.15, 0.2) is 0 Å². The predicted octanol–water partition coefficient (Wildman–Crippen LogP) is 1.79. The van der Waals surface area contributed by atoms with E-state index < -0.39 is 17.8 Å². The summed E-state index contributed by atoms with van der Waals surface area (Å²) in [6.45, 7) is -0.235. The molecule has 1 aromatic rings. The summed E-state index contributed by atoms with van der Waals surface area (Å²) in [7, 11) is 0. The molecule has 1 amide bonds. The molecule has 0 spiro atoms. The van der Waals surface area contributed by atoms with Crippen molar-refractivity contribution in [3.8, 4) is 5.75 Å². The number of alkyl halides is 3. The first-order valence-electron chi connectivity index (χ1n) is 4.67. The number of rotatable bonds is 3. The maximum atomic E-state index is 12.2. The minimum Gasteiger partial charge on any atom is -0.410 e. The van der Waals surface area contributed by atoms with E-state index in [0.29, 0.717) is 0 Å². The molecule has 4 nitrogen and oxygen atoms in total. The molecule has 0 aromatic heterocycles. The number of ether oxygens (including phenoxy) is 1.